The maximum absolute atomic E-state index is 8.71. The van der Waals surface area contributed by atoms with Gasteiger partial charge in [-0.3, -0.25) is 0 Å². The van der Waals surface area contributed by atoms with Gasteiger partial charge >= 0.3 is 0 Å². The highest BCUT2D eigenvalue weighted by Gasteiger charge is 1.95. The van der Waals surface area contributed by atoms with E-state index in [0.29, 0.717) is 13.1 Å². The lowest BCUT2D eigenvalue weighted by Crippen LogP contribution is -2.24. The fourth-order valence-corrected chi connectivity index (χ4v) is 1.06. The van der Waals surface area contributed by atoms with Crippen LogP contribution in [0.25, 0.3) is 0 Å². The van der Waals surface area contributed by atoms with Crippen molar-refractivity contribution in [3.05, 3.63) is 12.3 Å². The number of nitrogens with zero attached hydrogens (tertiary/aromatic N) is 1. The van der Waals surface area contributed by atoms with E-state index in [1.54, 1.807) is 0 Å². The maximum Gasteiger partial charge on any atom is 0.0606 e. The van der Waals surface area contributed by atoms with Crippen molar-refractivity contribution in [2.45, 2.75) is 26.2 Å². The highest BCUT2D eigenvalue weighted by atomic mass is 16.3. The standard InChI is InChI=1S/C10H21NO2/c1-2-3-4-5-6-11(7-9-12)8-10-13/h5-6,12-13H,2-4,7-10H2,1H3/b6-5+. The molecular formula is C10H21NO2. The van der Waals surface area contributed by atoms with Gasteiger partial charge in [0.1, 0.15) is 0 Å². The molecule has 0 aliphatic rings. The van der Waals surface area contributed by atoms with Crippen LogP contribution in [-0.4, -0.2) is 41.4 Å². The van der Waals surface area contributed by atoms with Crippen molar-refractivity contribution in [1.29, 1.82) is 0 Å². The molecule has 0 bridgehead atoms. The molecule has 78 valence electrons. The molecule has 0 amide bonds. The number of aliphatic hydroxyl groups excluding tert-OH is 2. The minimum Gasteiger partial charge on any atom is -0.395 e. The van der Waals surface area contributed by atoms with Crippen LogP contribution in [0.5, 0.6) is 0 Å². The lowest BCUT2D eigenvalue weighted by atomic mass is 10.2. The molecule has 0 fully saturated rings. The average Bonchev–Trinajstić information content (AvgIpc) is 2.13. The second-order valence-electron chi connectivity index (χ2n) is 3.01. The molecule has 3 nitrogen and oxygen atoms in total. The van der Waals surface area contributed by atoms with Crippen molar-refractivity contribution >= 4 is 0 Å². The number of allylic oxidation sites excluding steroid dienone is 1. The van der Waals surface area contributed by atoms with Gasteiger partial charge in [-0.25, -0.2) is 0 Å². The third kappa shape index (κ3) is 7.81. The van der Waals surface area contributed by atoms with Crippen LogP contribution in [0.1, 0.15) is 26.2 Å². The average molecular weight is 187 g/mol. The van der Waals surface area contributed by atoms with Crippen LogP contribution in [0.3, 0.4) is 0 Å². The van der Waals surface area contributed by atoms with Crippen LogP contribution in [0.15, 0.2) is 12.3 Å². The zero-order valence-corrected chi connectivity index (χ0v) is 8.45. The maximum atomic E-state index is 8.71. The van der Waals surface area contributed by atoms with Gasteiger partial charge in [-0.1, -0.05) is 25.8 Å². The molecule has 0 saturated heterocycles. The predicted molar refractivity (Wildman–Crippen MR) is 54.4 cm³/mol. The highest BCUT2D eigenvalue weighted by molar-refractivity contribution is 4.82. The number of unbranched alkanes of at least 4 members (excludes halogenated alkanes) is 2. The van der Waals surface area contributed by atoms with Gasteiger partial charge in [-0.05, 0) is 12.6 Å². The minimum absolute atomic E-state index is 0.137. The summed E-state index contributed by atoms with van der Waals surface area (Å²) >= 11 is 0. The van der Waals surface area contributed by atoms with Crippen molar-refractivity contribution in [3.8, 4) is 0 Å². The third-order valence-corrected chi connectivity index (χ3v) is 1.81. The van der Waals surface area contributed by atoms with E-state index in [2.05, 4.69) is 13.0 Å². The quantitative estimate of drug-likeness (QED) is 0.557. The highest BCUT2D eigenvalue weighted by Crippen LogP contribution is 1.97. The fraction of sp³-hybridized carbons (Fsp3) is 0.800. The first-order chi connectivity index (χ1) is 6.35. The van der Waals surface area contributed by atoms with Crippen molar-refractivity contribution in [3.63, 3.8) is 0 Å². The zero-order valence-electron chi connectivity index (χ0n) is 8.45. The zero-order chi connectivity index (χ0) is 9.94. The molecule has 0 aromatic carbocycles. The van der Waals surface area contributed by atoms with Crippen LogP contribution >= 0.6 is 0 Å². The summed E-state index contributed by atoms with van der Waals surface area (Å²) < 4.78 is 0. The Hall–Kier alpha value is -0.540. The summed E-state index contributed by atoms with van der Waals surface area (Å²) in [6.07, 6.45) is 7.52. The topological polar surface area (TPSA) is 43.7 Å². The summed E-state index contributed by atoms with van der Waals surface area (Å²) in [5.74, 6) is 0. The number of aliphatic hydroxyl groups is 2. The van der Waals surface area contributed by atoms with Crippen LogP contribution in [-0.2, 0) is 0 Å². The first-order valence-corrected chi connectivity index (χ1v) is 4.97. The van der Waals surface area contributed by atoms with E-state index in [1.165, 1.54) is 12.8 Å². The smallest absolute Gasteiger partial charge is 0.0606 e. The van der Waals surface area contributed by atoms with Gasteiger partial charge in [-0.15, -0.1) is 0 Å². The van der Waals surface area contributed by atoms with Crippen molar-refractivity contribution < 1.29 is 10.2 Å². The largest absolute Gasteiger partial charge is 0.395 e. The predicted octanol–water partition coefficient (Wildman–Crippen LogP) is 0.977. The first kappa shape index (κ1) is 12.5. The van der Waals surface area contributed by atoms with Crippen LogP contribution < -0.4 is 0 Å². The van der Waals surface area contributed by atoms with Crippen molar-refractivity contribution in [2.75, 3.05) is 26.3 Å². The third-order valence-electron chi connectivity index (χ3n) is 1.81. The van der Waals surface area contributed by atoms with Gasteiger partial charge in [-0.2, -0.15) is 0 Å². The molecule has 0 aromatic rings. The summed E-state index contributed by atoms with van der Waals surface area (Å²) in [6, 6.07) is 0. The van der Waals surface area contributed by atoms with Gasteiger partial charge in [0.05, 0.1) is 13.2 Å². The summed E-state index contributed by atoms with van der Waals surface area (Å²) in [4.78, 5) is 1.93. The van der Waals surface area contributed by atoms with Crippen molar-refractivity contribution in [2.24, 2.45) is 0 Å². The lowest BCUT2D eigenvalue weighted by molar-refractivity contribution is 0.198. The first-order valence-electron chi connectivity index (χ1n) is 4.97. The summed E-state index contributed by atoms with van der Waals surface area (Å²) in [6.45, 7) is 3.63. The van der Waals surface area contributed by atoms with E-state index in [9.17, 15) is 0 Å². The lowest BCUT2D eigenvalue weighted by Gasteiger charge is -2.17. The molecule has 0 saturated carbocycles. The molecule has 0 rings (SSSR count). The Kier molecular flexibility index (Phi) is 9.15. The summed E-state index contributed by atoms with van der Waals surface area (Å²) in [7, 11) is 0. The second-order valence-corrected chi connectivity index (χ2v) is 3.01. The van der Waals surface area contributed by atoms with Crippen molar-refractivity contribution in [1.82, 2.24) is 4.90 Å². The number of hydrogen-bond acceptors (Lipinski definition) is 3. The normalized spacial score (nSPS) is 11.0. The van der Waals surface area contributed by atoms with E-state index in [0.717, 1.165) is 6.42 Å². The Morgan fingerprint density at radius 1 is 1.15 bits per heavy atom. The monoisotopic (exact) mass is 187 g/mol. The van der Waals surface area contributed by atoms with Crippen LogP contribution in [0.4, 0.5) is 0 Å². The molecule has 0 aliphatic heterocycles. The molecule has 0 spiro atoms. The summed E-state index contributed by atoms with van der Waals surface area (Å²) in [5.41, 5.74) is 0. The van der Waals surface area contributed by atoms with Gasteiger partial charge in [0.15, 0.2) is 0 Å². The molecule has 0 heterocycles. The van der Waals surface area contributed by atoms with E-state index in [-0.39, 0.29) is 13.2 Å². The number of hydrogen-bond donors (Lipinski definition) is 2. The van der Waals surface area contributed by atoms with E-state index in [1.807, 2.05) is 11.1 Å². The Labute approximate surface area is 80.7 Å². The van der Waals surface area contributed by atoms with Crippen LogP contribution in [0, 0.1) is 0 Å². The molecular weight excluding hydrogens is 166 g/mol. The molecule has 0 aromatic heterocycles. The SMILES string of the molecule is CCCC/C=C/N(CCO)CCO. The van der Waals surface area contributed by atoms with E-state index >= 15 is 0 Å². The van der Waals surface area contributed by atoms with Gasteiger partial charge in [0.2, 0.25) is 0 Å². The Morgan fingerprint density at radius 3 is 2.23 bits per heavy atom. The minimum atomic E-state index is 0.137. The molecule has 3 heteroatoms. The Bertz CT molecular complexity index is 120. The Morgan fingerprint density at radius 2 is 1.77 bits per heavy atom. The summed E-state index contributed by atoms with van der Waals surface area (Å²) in [5, 5.41) is 17.4. The van der Waals surface area contributed by atoms with Crippen LogP contribution in [0.2, 0.25) is 0 Å². The molecule has 2 N–H and O–H groups in total. The fourth-order valence-electron chi connectivity index (χ4n) is 1.06. The van der Waals surface area contributed by atoms with Gasteiger partial charge in [0, 0.05) is 13.1 Å². The van der Waals surface area contributed by atoms with Gasteiger partial charge < -0.3 is 15.1 Å². The molecule has 0 aliphatic carbocycles. The molecule has 0 unspecified atom stereocenters. The second kappa shape index (κ2) is 9.55. The van der Waals surface area contributed by atoms with E-state index in [4.69, 9.17) is 10.2 Å². The Balaban J connectivity index is 3.58. The molecule has 0 atom stereocenters. The molecule has 0 radical (unpaired) electrons. The van der Waals surface area contributed by atoms with E-state index < -0.39 is 0 Å². The van der Waals surface area contributed by atoms with Gasteiger partial charge in [0.25, 0.3) is 0 Å². The number of rotatable bonds is 8. The molecule has 13 heavy (non-hydrogen) atoms.